The lowest BCUT2D eigenvalue weighted by molar-refractivity contribution is -0.118. The molecule has 0 saturated carbocycles. The van der Waals surface area contributed by atoms with Crippen molar-refractivity contribution in [2.45, 2.75) is 13.5 Å². The van der Waals surface area contributed by atoms with E-state index in [1.807, 2.05) is 61.5 Å². The van der Waals surface area contributed by atoms with Gasteiger partial charge in [0.25, 0.3) is 11.5 Å². The molecule has 6 heteroatoms. The Hall–Kier alpha value is -4.06. The van der Waals surface area contributed by atoms with Crippen molar-refractivity contribution in [3.8, 4) is 17.2 Å². The topological polar surface area (TPSA) is 69.6 Å². The fraction of sp³-hybridized carbons (Fsp3) is 0.120. The fourth-order valence-corrected chi connectivity index (χ4v) is 3.32. The summed E-state index contributed by atoms with van der Waals surface area (Å²) in [5, 5.41) is 3.58. The summed E-state index contributed by atoms with van der Waals surface area (Å²) in [4.78, 5) is 24.7. The first-order valence-electron chi connectivity index (χ1n) is 10.0. The van der Waals surface area contributed by atoms with Gasteiger partial charge in [0, 0.05) is 23.7 Å². The first-order chi connectivity index (χ1) is 15.1. The average Bonchev–Trinajstić information content (AvgIpc) is 2.79. The van der Waals surface area contributed by atoms with E-state index >= 15 is 0 Å². The Balaban J connectivity index is 1.40. The predicted molar refractivity (Wildman–Crippen MR) is 121 cm³/mol. The van der Waals surface area contributed by atoms with Gasteiger partial charge in [-0.3, -0.25) is 9.59 Å². The number of para-hydroxylation sites is 2. The predicted octanol–water partition coefficient (Wildman–Crippen LogP) is 4.83. The fourth-order valence-electron chi connectivity index (χ4n) is 3.32. The van der Waals surface area contributed by atoms with Crippen molar-refractivity contribution in [2.24, 2.45) is 0 Å². The average molecular weight is 414 g/mol. The molecule has 0 atom stereocenters. The van der Waals surface area contributed by atoms with Gasteiger partial charge in [0.1, 0.15) is 17.2 Å². The van der Waals surface area contributed by atoms with Crippen molar-refractivity contribution in [3.63, 3.8) is 0 Å². The van der Waals surface area contributed by atoms with Gasteiger partial charge in [0.15, 0.2) is 6.61 Å². The van der Waals surface area contributed by atoms with Crippen LogP contribution >= 0.6 is 0 Å². The number of carbonyl (C=O) groups is 1. The van der Waals surface area contributed by atoms with Crippen LogP contribution in [0, 0.1) is 0 Å². The van der Waals surface area contributed by atoms with Crippen LogP contribution in [0.1, 0.15) is 6.92 Å². The van der Waals surface area contributed by atoms with Gasteiger partial charge in [-0.1, -0.05) is 30.3 Å². The third-order valence-corrected chi connectivity index (χ3v) is 4.77. The Morgan fingerprint density at radius 1 is 0.903 bits per heavy atom. The molecule has 0 fully saturated rings. The number of aromatic nitrogens is 1. The molecule has 0 saturated heterocycles. The summed E-state index contributed by atoms with van der Waals surface area (Å²) in [5.74, 6) is 1.49. The summed E-state index contributed by atoms with van der Waals surface area (Å²) in [5.41, 5.74) is 1.24. The zero-order chi connectivity index (χ0) is 21.6. The molecule has 4 aromatic rings. The summed E-state index contributed by atoms with van der Waals surface area (Å²) in [6.45, 7) is 2.27. The molecule has 0 aliphatic carbocycles. The van der Waals surface area contributed by atoms with Crippen molar-refractivity contribution in [3.05, 3.63) is 95.3 Å². The number of ether oxygens (including phenoxy) is 2. The van der Waals surface area contributed by atoms with Gasteiger partial charge in [-0.2, -0.15) is 0 Å². The van der Waals surface area contributed by atoms with E-state index in [2.05, 4.69) is 5.32 Å². The van der Waals surface area contributed by atoms with E-state index in [0.29, 0.717) is 23.7 Å². The normalized spacial score (nSPS) is 10.6. The number of benzene rings is 3. The Labute approximate surface area is 179 Å². The molecule has 6 nitrogen and oxygen atoms in total. The molecule has 4 rings (SSSR count). The molecule has 0 aliphatic rings. The highest BCUT2D eigenvalue weighted by atomic mass is 16.5. The Kier molecular flexibility index (Phi) is 5.98. The lowest BCUT2D eigenvalue weighted by Gasteiger charge is -2.13. The minimum Gasteiger partial charge on any atom is -0.483 e. The summed E-state index contributed by atoms with van der Waals surface area (Å²) in [6, 6.07) is 25.4. The Morgan fingerprint density at radius 3 is 2.32 bits per heavy atom. The summed E-state index contributed by atoms with van der Waals surface area (Å²) in [6.07, 6.45) is 0. The number of aryl methyl sites for hydroxylation is 1. The zero-order valence-corrected chi connectivity index (χ0v) is 17.1. The van der Waals surface area contributed by atoms with Crippen LogP contribution in [0.3, 0.4) is 0 Å². The molecule has 3 aromatic carbocycles. The van der Waals surface area contributed by atoms with E-state index in [4.69, 9.17) is 9.47 Å². The third-order valence-electron chi connectivity index (χ3n) is 4.77. The number of hydrogen-bond acceptors (Lipinski definition) is 4. The summed E-state index contributed by atoms with van der Waals surface area (Å²) in [7, 11) is 0. The largest absolute Gasteiger partial charge is 0.483 e. The quantitative estimate of drug-likeness (QED) is 0.470. The molecule has 156 valence electrons. The number of nitrogens with zero attached hydrogens (tertiary/aromatic N) is 1. The van der Waals surface area contributed by atoms with Crippen LogP contribution in [0.5, 0.6) is 17.2 Å². The third kappa shape index (κ3) is 4.75. The molecular weight excluding hydrogens is 392 g/mol. The maximum absolute atomic E-state index is 12.4. The lowest BCUT2D eigenvalue weighted by Crippen LogP contribution is -2.22. The van der Waals surface area contributed by atoms with Gasteiger partial charge >= 0.3 is 0 Å². The van der Waals surface area contributed by atoms with E-state index in [-0.39, 0.29) is 18.1 Å². The number of pyridine rings is 1. The van der Waals surface area contributed by atoms with Gasteiger partial charge in [0.2, 0.25) is 0 Å². The molecular formula is C25H22N2O4. The number of hydrogen-bond donors (Lipinski definition) is 1. The summed E-state index contributed by atoms with van der Waals surface area (Å²) < 4.78 is 13.1. The molecule has 0 spiro atoms. The van der Waals surface area contributed by atoms with Crippen LogP contribution < -0.4 is 20.3 Å². The number of rotatable bonds is 7. The minimum absolute atomic E-state index is 0.161. The van der Waals surface area contributed by atoms with Crippen molar-refractivity contribution < 1.29 is 14.3 Å². The van der Waals surface area contributed by atoms with Crippen LogP contribution in [0.4, 0.5) is 5.69 Å². The monoisotopic (exact) mass is 414 g/mol. The number of nitrogens with one attached hydrogen (secondary N) is 1. The summed E-state index contributed by atoms with van der Waals surface area (Å²) >= 11 is 0. The molecule has 1 heterocycles. The molecule has 31 heavy (non-hydrogen) atoms. The molecule has 0 aliphatic heterocycles. The molecule has 0 radical (unpaired) electrons. The van der Waals surface area contributed by atoms with Gasteiger partial charge in [-0.05, 0) is 55.5 Å². The Bertz CT molecular complexity index is 1250. The van der Waals surface area contributed by atoms with Gasteiger partial charge < -0.3 is 19.4 Å². The first kappa shape index (κ1) is 20.2. The van der Waals surface area contributed by atoms with E-state index in [0.717, 1.165) is 16.7 Å². The second kappa shape index (κ2) is 9.17. The first-order valence-corrected chi connectivity index (χ1v) is 10.0. The van der Waals surface area contributed by atoms with Crippen molar-refractivity contribution in [1.29, 1.82) is 0 Å². The number of fused-ring (bicyclic) bond motifs is 1. The second-order valence-electron chi connectivity index (χ2n) is 6.88. The molecule has 1 amide bonds. The van der Waals surface area contributed by atoms with Gasteiger partial charge in [0.05, 0.1) is 5.52 Å². The highest BCUT2D eigenvalue weighted by Gasteiger charge is 2.11. The van der Waals surface area contributed by atoms with E-state index in [9.17, 15) is 9.59 Å². The Morgan fingerprint density at radius 2 is 1.58 bits per heavy atom. The van der Waals surface area contributed by atoms with Gasteiger partial charge in [-0.25, -0.2) is 0 Å². The molecule has 0 bridgehead atoms. The number of amides is 1. The smallest absolute Gasteiger partial charge is 0.262 e. The molecule has 1 aromatic heterocycles. The molecule has 0 unspecified atom stereocenters. The van der Waals surface area contributed by atoms with Crippen LogP contribution in [0.15, 0.2) is 89.7 Å². The van der Waals surface area contributed by atoms with Gasteiger partial charge in [-0.15, -0.1) is 0 Å². The van der Waals surface area contributed by atoms with Crippen LogP contribution in [-0.4, -0.2) is 17.1 Å². The highest BCUT2D eigenvalue weighted by molar-refractivity contribution is 5.92. The van der Waals surface area contributed by atoms with E-state index in [1.54, 1.807) is 28.8 Å². The highest BCUT2D eigenvalue weighted by Crippen LogP contribution is 2.24. The van der Waals surface area contributed by atoms with Crippen LogP contribution in [-0.2, 0) is 11.3 Å². The van der Waals surface area contributed by atoms with Crippen LogP contribution in [0.25, 0.3) is 10.9 Å². The SMILES string of the molecule is CCn1c(=O)cc(OCC(=O)Nc2ccc(Oc3ccccc3)cc2)c2ccccc21. The maximum atomic E-state index is 12.4. The number of anilines is 1. The standard InChI is InChI=1S/C25H22N2O4/c1-2-27-22-11-7-6-10-21(22)23(16-25(27)29)30-17-24(28)26-18-12-14-20(15-13-18)31-19-8-4-3-5-9-19/h3-16H,2,17H2,1H3,(H,26,28). The van der Waals surface area contributed by atoms with Crippen molar-refractivity contribution in [2.75, 3.05) is 11.9 Å². The van der Waals surface area contributed by atoms with E-state index < -0.39 is 0 Å². The minimum atomic E-state index is -0.319. The van der Waals surface area contributed by atoms with E-state index in [1.165, 1.54) is 6.07 Å². The maximum Gasteiger partial charge on any atom is 0.262 e. The lowest BCUT2D eigenvalue weighted by atomic mass is 10.2. The van der Waals surface area contributed by atoms with Crippen molar-refractivity contribution in [1.82, 2.24) is 4.57 Å². The number of carbonyl (C=O) groups excluding carboxylic acids is 1. The second-order valence-corrected chi connectivity index (χ2v) is 6.88. The van der Waals surface area contributed by atoms with Crippen LogP contribution in [0.2, 0.25) is 0 Å². The molecule has 1 N–H and O–H groups in total. The zero-order valence-electron chi connectivity index (χ0n) is 17.1. The van der Waals surface area contributed by atoms with Crippen molar-refractivity contribution >= 4 is 22.5 Å².